The summed E-state index contributed by atoms with van der Waals surface area (Å²) in [5, 5.41) is 0. The zero-order chi connectivity index (χ0) is 8.81. The van der Waals surface area contributed by atoms with Crippen LogP contribution in [0, 0.1) is 0 Å². The van der Waals surface area contributed by atoms with Crippen molar-refractivity contribution >= 4 is 0 Å². The lowest BCUT2D eigenvalue weighted by molar-refractivity contribution is 0.163. The summed E-state index contributed by atoms with van der Waals surface area (Å²) in [6.07, 6.45) is 3.69. The number of hydrogen-bond donors (Lipinski definition) is 0. The second-order valence-corrected chi connectivity index (χ2v) is 2.46. The van der Waals surface area contributed by atoms with Crippen LogP contribution in [0.4, 0.5) is 0 Å². The Kier molecular flexibility index (Phi) is 3.76. The number of hydrogen-bond acceptors (Lipinski definition) is 3. The van der Waals surface area contributed by atoms with Crippen molar-refractivity contribution in [2.75, 3.05) is 20.8 Å². The fourth-order valence-electron chi connectivity index (χ4n) is 1.00. The summed E-state index contributed by atoms with van der Waals surface area (Å²) in [5.74, 6) is 0.939. The van der Waals surface area contributed by atoms with E-state index in [4.69, 9.17) is 9.47 Å². The molecule has 0 saturated carbocycles. The molecule has 1 aromatic heterocycles. The molecule has 0 fully saturated rings. The maximum atomic E-state index is 4.98. The molecule has 12 heavy (non-hydrogen) atoms. The average Bonchev–Trinajstić information content (AvgIpc) is 2.50. The van der Waals surface area contributed by atoms with Crippen LogP contribution in [-0.4, -0.2) is 30.4 Å². The molecule has 0 aliphatic rings. The number of aromatic nitrogens is 2. The van der Waals surface area contributed by atoms with Crippen LogP contribution in [0.15, 0.2) is 12.4 Å². The largest absolute Gasteiger partial charge is 0.383 e. The van der Waals surface area contributed by atoms with Gasteiger partial charge in [0.15, 0.2) is 0 Å². The van der Waals surface area contributed by atoms with Crippen molar-refractivity contribution in [3.63, 3.8) is 0 Å². The fraction of sp³-hybridized carbons (Fsp3) is 0.625. The Morgan fingerprint density at radius 3 is 2.92 bits per heavy atom. The quantitative estimate of drug-likeness (QED) is 0.651. The van der Waals surface area contributed by atoms with Gasteiger partial charge in [-0.3, -0.25) is 0 Å². The minimum Gasteiger partial charge on any atom is -0.383 e. The molecule has 4 heteroatoms. The molecule has 0 saturated heterocycles. The summed E-state index contributed by atoms with van der Waals surface area (Å²) >= 11 is 0. The molecule has 4 nitrogen and oxygen atoms in total. The van der Waals surface area contributed by atoms with Gasteiger partial charge in [-0.05, 0) is 0 Å². The van der Waals surface area contributed by atoms with E-state index in [0.717, 1.165) is 12.4 Å². The number of rotatable bonds is 5. The van der Waals surface area contributed by atoms with Crippen molar-refractivity contribution in [1.29, 1.82) is 0 Å². The molecule has 0 aromatic carbocycles. The first-order valence-electron chi connectivity index (χ1n) is 3.86. The molecule has 1 rings (SSSR count). The highest BCUT2D eigenvalue weighted by Gasteiger charge is 2.00. The third-order valence-corrected chi connectivity index (χ3v) is 1.61. The standard InChI is InChI=1S/C8H14N2O2/c1-11-6-5-10-4-3-9-8(10)7-12-2/h3-4H,5-7H2,1-2H3. The molecule has 0 aliphatic heterocycles. The maximum absolute atomic E-state index is 4.98. The van der Waals surface area contributed by atoms with E-state index < -0.39 is 0 Å². The van der Waals surface area contributed by atoms with Crippen molar-refractivity contribution < 1.29 is 9.47 Å². The molecule has 0 aliphatic carbocycles. The van der Waals surface area contributed by atoms with E-state index in [2.05, 4.69) is 4.98 Å². The Balaban J connectivity index is 2.51. The maximum Gasteiger partial charge on any atom is 0.134 e. The summed E-state index contributed by atoms with van der Waals surface area (Å²) in [6, 6.07) is 0. The van der Waals surface area contributed by atoms with Crippen molar-refractivity contribution in [2.24, 2.45) is 0 Å². The first-order valence-corrected chi connectivity index (χ1v) is 3.86. The summed E-state index contributed by atoms with van der Waals surface area (Å²) in [4.78, 5) is 4.14. The molecule has 0 amide bonds. The molecule has 0 unspecified atom stereocenters. The Morgan fingerprint density at radius 1 is 1.42 bits per heavy atom. The van der Waals surface area contributed by atoms with E-state index in [0.29, 0.717) is 13.2 Å². The van der Waals surface area contributed by atoms with Gasteiger partial charge in [-0.25, -0.2) is 4.98 Å². The van der Waals surface area contributed by atoms with Gasteiger partial charge in [-0.2, -0.15) is 0 Å². The number of ether oxygens (including phenoxy) is 2. The second-order valence-electron chi connectivity index (χ2n) is 2.46. The lowest BCUT2D eigenvalue weighted by Crippen LogP contribution is -2.08. The van der Waals surface area contributed by atoms with Gasteiger partial charge in [0.2, 0.25) is 0 Å². The molecule has 1 aromatic rings. The van der Waals surface area contributed by atoms with Crippen molar-refractivity contribution in [1.82, 2.24) is 9.55 Å². The average molecular weight is 170 g/mol. The van der Waals surface area contributed by atoms with Gasteiger partial charge in [0, 0.05) is 33.2 Å². The molecule has 0 radical (unpaired) electrons. The molecular weight excluding hydrogens is 156 g/mol. The second kappa shape index (κ2) is 4.90. The summed E-state index contributed by atoms with van der Waals surface area (Å²) in [7, 11) is 3.35. The zero-order valence-electron chi connectivity index (χ0n) is 7.49. The van der Waals surface area contributed by atoms with Gasteiger partial charge in [0.1, 0.15) is 12.4 Å². The summed E-state index contributed by atoms with van der Waals surface area (Å²) in [6.45, 7) is 2.08. The Bertz CT molecular complexity index is 223. The first kappa shape index (κ1) is 9.22. The lowest BCUT2D eigenvalue weighted by Gasteiger charge is -2.05. The minimum atomic E-state index is 0.552. The summed E-state index contributed by atoms with van der Waals surface area (Å²) in [5.41, 5.74) is 0. The van der Waals surface area contributed by atoms with Crippen molar-refractivity contribution in [2.45, 2.75) is 13.2 Å². The Labute approximate surface area is 72.1 Å². The third kappa shape index (κ3) is 2.32. The fourth-order valence-corrected chi connectivity index (χ4v) is 1.00. The van der Waals surface area contributed by atoms with Gasteiger partial charge in [0.05, 0.1) is 6.61 Å². The number of methoxy groups -OCH3 is 2. The third-order valence-electron chi connectivity index (χ3n) is 1.61. The molecular formula is C8H14N2O2. The van der Waals surface area contributed by atoms with E-state index >= 15 is 0 Å². The zero-order valence-corrected chi connectivity index (χ0v) is 7.49. The predicted molar refractivity (Wildman–Crippen MR) is 44.8 cm³/mol. The van der Waals surface area contributed by atoms with E-state index in [1.165, 1.54) is 0 Å². The number of imidazole rings is 1. The van der Waals surface area contributed by atoms with Crippen LogP contribution < -0.4 is 0 Å². The Hall–Kier alpha value is -0.870. The normalized spacial score (nSPS) is 10.5. The molecule has 0 atom stereocenters. The highest BCUT2D eigenvalue weighted by Crippen LogP contribution is 1.98. The van der Waals surface area contributed by atoms with E-state index in [9.17, 15) is 0 Å². The van der Waals surface area contributed by atoms with Crippen LogP contribution in [0.2, 0.25) is 0 Å². The topological polar surface area (TPSA) is 36.3 Å². The van der Waals surface area contributed by atoms with E-state index in [1.807, 2.05) is 10.8 Å². The van der Waals surface area contributed by atoms with Gasteiger partial charge in [0.25, 0.3) is 0 Å². The van der Waals surface area contributed by atoms with Crippen molar-refractivity contribution in [3.8, 4) is 0 Å². The van der Waals surface area contributed by atoms with Gasteiger partial charge >= 0.3 is 0 Å². The SMILES string of the molecule is COCCn1ccnc1COC. The van der Waals surface area contributed by atoms with Crippen LogP contribution in [0.3, 0.4) is 0 Å². The summed E-state index contributed by atoms with van der Waals surface area (Å²) < 4.78 is 12.0. The minimum absolute atomic E-state index is 0.552. The molecule has 1 heterocycles. The smallest absolute Gasteiger partial charge is 0.134 e. The highest BCUT2D eigenvalue weighted by molar-refractivity contribution is 4.90. The molecule has 0 N–H and O–H groups in total. The van der Waals surface area contributed by atoms with Crippen LogP contribution in [0.25, 0.3) is 0 Å². The van der Waals surface area contributed by atoms with E-state index in [-0.39, 0.29) is 0 Å². The predicted octanol–water partition coefficient (Wildman–Crippen LogP) is 0.676. The monoisotopic (exact) mass is 170 g/mol. The molecule has 0 spiro atoms. The van der Waals surface area contributed by atoms with Crippen LogP contribution in [0.1, 0.15) is 5.82 Å². The van der Waals surface area contributed by atoms with Crippen LogP contribution >= 0.6 is 0 Å². The van der Waals surface area contributed by atoms with Gasteiger partial charge in [-0.1, -0.05) is 0 Å². The number of nitrogens with zero attached hydrogens (tertiary/aromatic N) is 2. The lowest BCUT2D eigenvalue weighted by atomic mass is 10.6. The van der Waals surface area contributed by atoms with Crippen LogP contribution in [0.5, 0.6) is 0 Å². The Morgan fingerprint density at radius 2 is 2.25 bits per heavy atom. The molecule has 68 valence electrons. The van der Waals surface area contributed by atoms with E-state index in [1.54, 1.807) is 20.4 Å². The molecule has 0 bridgehead atoms. The highest BCUT2D eigenvalue weighted by atomic mass is 16.5. The van der Waals surface area contributed by atoms with Gasteiger partial charge < -0.3 is 14.0 Å². The first-order chi connectivity index (χ1) is 5.88. The van der Waals surface area contributed by atoms with Crippen molar-refractivity contribution in [3.05, 3.63) is 18.2 Å². The van der Waals surface area contributed by atoms with Crippen LogP contribution in [-0.2, 0) is 22.6 Å². The van der Waals surface area contributed by atoms with Gasteiger partial charge in [-0.15, -0.1) is 0 Å².